The van der Waals surface area contributed by atoms with Gasteiger partial charge in [0.2, 0.25) is 5.91 Å². The number of carbonyl (C=O) groups is 3. The number of aliphatic carboxylic acids is 1. The van der Waals surface area contributed by atoms with Gasteiger partial charge in [-0.2, -0.15) is 0 Å². The zero-order chi connectivity index (χ0) is 27.1. The number of thiophene rings is 1. The molecule has 0 spiro atoms. The van der Waals surface area contributed by atoms with Crippen LogP contribution < -0.4 is 10.6 Å². The van der Waals surface area contributed by atoms with Gasteiger partial charge in [0.1, 0.15) is 5.00 Å². The Bertz CT molecular complexity index is 1290. The molecule has 6 nitrogen and oxygen atoms in total. The third kappa shape index (κ3) is 4.81. The third-order valence-corrected chi connectivity index (χ3v) is 10.2. The lowest BCUT2D eigenvalue weighted by molar-refractivity contribution is -0.148. The molecule has 3 N–H and O–H groups in total. The Morgan fingerprint density at radius 3 is 2.34 bits per heavy atom. The van der Waals surface area contributed by atoms with E-state index in [1.807, 2.05) is 45.0 Å². The van der Waals surface area contributed by atoms with Crippen molar-refractivity contribution in [3.8, 4) is 0 Å². The van der Waals surface area contributed by atoms with Gasteiger partial charge in [-0.15, -0.1) is 11.3 Å². The van der Waals surface area contributed by atoms with Crippen molar-refractivity contribution in [2.75, 3.05) is 5.32 Å². The van der Waals surface area contributed by atoms with Gasteiger partial charge in [0.25, 0.3) is 5.91 Å². The van der Waals surface area contributed by atoms with Crippen molar-refractivity contribution in [1.82, 2.24) is 5.32 Å². The maximum absolute atomic E-state index is 13.8. The molecule has 3 aliphatic rings. The number of allylic oxidation sites excluding steroid dienone is 2. The molecule has 202 valence electrons. The quantitative estimate of drug-likeness (QED) is 0.372. The lowest BCUT2D eigenvalue weighted by Gasteiger charge is -2.26. The van der Waals surface area contributed by atoms with Gasteiger partial charge in [-0.05, 0) is 81.8 Å². The van der Waals surface area contributed by atoms with E-state index in [1.54, 1.807) is 0 Å². The van der Waals surface area contributed by atoms with E-state index in [2.05, 4.69) is 17.6 Å². The fraction of sp³-hybridized carbons (Fsp3) is 0.516. The molecule has 2 saturated carbocycles. The minimum Gasteiger partial charge on any atom is -0.481 e. The number of nitrogens with one attached hydrogen (secondary N) is 2. The van der Waals surface area contributed by atoms with Crippen LogP contribution in [-0.4, -0.2) is 22.9 Å². The number of hydrogen-bond donors (Lipinski definition) is 3. The summed E-state index contributed by atoms with van der Waals surface area (Å²) in [5, 5.41) is 16.8. The summed E-state index contributed by atoms with van der Waals surface area (Å²) in [6.45, 7) is 8.68. The Labute approximate surface area is 228 Å². The van der Waals surface area contributed by atoms with Crippen LogP contribution in [0.3, 0.4) is 0 Å². The van der Waals surface area contributed by atoms with Crippen LogP contribution in [0.1, 0.15) is 78.4 Å². The van der Waals surface area contributed by atoms with Crippen LogP contribution in [0.4, 0.5) is 5.00 Å². The van der Waals surface area contributed by atoms with Crippen molar-refractivity contribution in [2.45, 2.75) is 72.8 Å². The Balaban J connectivity index is 1.43. The van der Waals surface area contributed by atoms with Gasteiger partial charge in [-0.3, -0.25) is 14.4 Å². The molecule has 1 heterocycles. The zero-order valence-corrected chi connectivity index (χ0v) is 23.5. The Morgan fingerprint density at radius 2 is 1.71 bits per heavy atom. The van der Waals surface area contributed by atoms with E-state index in [4.69, 9.17) is 0 Å². The van der Waals surface area contributed by atoms with Crippen LogP contribution >= 0.6 is 11.3 Å². The van der Waals surface area contributed by atoms with Crippen molar-refractivity contribution < 1.29 is 19.5 Å². The second kappa shape index (κ2) is 10.7. The minimum atomic E-state index is -0.900. The molecule has 2 bridgehead atoms. The van der Waals surface area contributed by atoms with Crippen molar-refractivity contribution in [2.24, 2.45) is 29.6 Å². The molecule has 2 aromatic rings. The molecule has 0 radical (unpaired) electrons. The molecule has 5 rings (SSSR count). The molecule has 3 aliphatic carbocycles. The van der Waals surface area contributed by atoms with Crippen LogP contribution in [0.15, 0.2) is 35.4 Å². The molecule has 1 aromatic heterocycles. The van der Waals surface area contributed by atoms with Gasteiger partial charge in [-0.1, -0.05) is 54.3 Å². The second-order valence-corrected chi connectivity index (χ2v) is 12.6. The molecule has 5 atom stereocenters. The van der Waals surface area contributed by atoms with E-state index in [-0.39, 0.29) is 23.7 Å². The monoisotopic (exact) mass is 534 g/mol. The number of anilines is 1. The van der Waals surface area contributed by atoms with Gasteiger partial charge < -0.3 is 15.7 Å². The summed E-state index contributed by atoms with van der Waals surface area (Å²) in [6.07, 6.45) is 5.52. The molecule has 38 heavy (non-hydrogen) atoms. The van der Waals surface area contributed by atoms with Gasteiger partial charge in [0.05, 0.1) is 17.4 Å². The average Bonchev–Trinajstić information content (AvgIpc) is 3.57. The van der Waals surface area contributed by atoms with Crippen LogP contribution in [0, 0.1) is 36.5 Å². The number of carboxylic acids is 1. The van der Waals surface area contributed by atoms with Crippen molar-refractivity contribution in [3.63, 3.8) is 0 Å². The van der Waals surface area contributed by atoms with E-state index in [9.17, 15) is 19.5 Å². The highest BCUT2D eigenvalue weighted by molar-refractivity contribution is 7.17. The Hall–Kier alpha value is -2.93. The number of amides is 2. The van der Waals surface area contributed by atoms with Gasteiger partial charge in [-0.25, -0.2) is 0 Å². The highest BCUT2D eigenvalue weighted by Crippen LogP contribution is 2.57. The summed E-state index contributed by atoms with van der Waals surface area (Å²) < 4.78 is 0. The van der Waals surface area contributed by atoms with Crippen LogP contribution in [-0.2, 0) is 29.0 Å². The van der Waals surface area contributed by atoms with E-state index in [1.165, 1.54) is 21.8 Å². The number of hydrogen-bond acceptors (Lipinski definition) is 4. The van der Waals surface area contributed by atoms with Crippen LogP contribution in [0.5, 0.6) is 0 Å². The minimum absolute atomic E-state index is 0.0380. The molecule has 1 aromatic carbocycles. The predicted octanol–water partition coefficient (Wildman–Crippen LogP) is 6.13. The van der Waals surface area contributed by atoms with Crippen LogP contribution in [0.2, 0.25) is 0 Å². The standard InChI is InChI=1S/C31H38N2O4S/c1-5-18-10-11-20-23(14-18)38-30(27(20)28(34)32-15-19-8-6-17(4)7-9-19)33-29(35)25-21-12-13-22(24(21)16(2)3)26(25)31(36)37/h6-9,18,21-22,25-26H,5,10-15H2,1-4H3,(H,32,34)(H,33,35)(H,36,37)/t18-,21+,22-,25-,26-/m0/s1. The normalized spacial score (nSPS) is 25.7. The highest BCUT2D eigenvalue weighted by Gasteiger charge is 2.57. The molecule has 0 aliphatic heterocycles. The van der Waals surface area contributed by atoms with E-state index in [0.717, 1.165) is 60.8 Å². The first-order valence-corrected chi connectivity index (χ1v) is 14.7. The summed E-state index contributed by atoms with van der Waals surface area (Å²) in [7, 11) is 0. The van der Waals surface area contributed by atoms with Crippen molar-refractivity contribution in [1.29, 1.82) is 0 Å². The average molecular weight is 535 g/mol. The number of carbonyl (C=O) groups excluding carboxylic acids is 2. The number of fused-ring (bicyclic) bond motifs is 3. The molecule has 2 amide bonds. The van der Waals surface area contributed by atoms with E-state index in [0.29, 0.717) is 23.0 Å². The molecular weight excluding hydrogens is 496 g/mol. The second-order valence-electron chi connectivity index (χ2n) is 11.5. The largest absolute Gasteiger partial charge is 0.481 e. The summed E-state index contributed by atoms with van der Waals surface area (Å²) in [4.78, 5) is 40.8. The van der Waals surface area contributed by atoms with Crippen LogP contribution in [0.25, 0.3) is 0 Å². The third-order valence-electron chi connectivity index (χ3n) is 8.99. The molecule has 2 fully saturated rings. The number of aryl methyl sites for hydroxylation is 1. The zero-order valence-electron chi connectivity index (χ0n) is 22.7. The number of carboxylic acid groups (broad SMARTS) is 1. The Kier molecular flexibility index (Phi) is 7.49. The fourth-order valence-electron chi connectivity index (χ4n) is 7.11. The van der Waals surface area contributed by atoms with Gasteiger partial charge in [0, 0.05) is 11.4 Å². The Morgan fingerprint density at radius 1 is 1.03 bits per heavy atom. The summed E-state index contributed by atoms with van der Waals surface area (Å²) in [6, 6.07) is 8.07. The van der Waals surface area contributed by atoms with Crippen molar-refractivity contribution in [3.05, 3.63) is 62.5 Å². The summed E-state index contributed by atoms with van der Waals surface area (Å²) in [5.74, 6) is -2.19. The maximum Gasteiger partial charge on any atom is 0.307 e. The SMILES string of the molecule is CC[C@H]1CCc2c(sc(NC(=O)[C@@H]3[C@@H](C(=O)O)[C@H]4CC[C@@H]3C4=C(C)C)c2C(=O)NCc2ccc(C)cc2)C1. The highest BCUT2D eigenvalue weighted by atomic mass is 32.1. The predicted molar refractivity (Wildman–Crippen MR) is 150 cm³/mol. The summed E-state index contributed by atoms with van der Waals surface area (Å²) in [5.41, 5.74) is 6.09. The molecule has 7 heteroatoms. The fourth-order valence-corrected chi connectivity index (χ4v) is 8.47. The first-order valence-electron chi connectivity index (χ1n) is 13.9. The van der Waals surface area contributed by atoms with Gasteiger partial charge in [0.15, 0.2) is 0 Å². The first-order chi connectivity index (χ1) is 18.2. The lowest BCUT2D eigenvalue weighted by atomic mass is 9.78. The van der Waals surface area contributed by atoms with Crippen molar-refractivity contribution >= 4 is 34.1 Å². The van der Waals surface area contributed by atoms with E-state index >= 15 is 0 Å². The maximum atomic E-state index is 13.8. The summed E-state index contributed by atoms with van der Waals surface area (Å²) >= 11 is 1.50. The topological polar surface area (TPSA) is 95.5 Å². The smallest absolute Gasteiger partial charge is 0.307 e. The number of benzene rings is 1. The number of rotatable bonds is 7. The molecule has 0 saturated heterocycles. The van der Waals surface area contributed by atoms with E-state index < -0.39 is 17.8 Å². The molecule has 0 unspecified atom stereocenters. The first kappa shape index (κ1) is 26.7. The lowest BCUT2D eigenvalue weighted by Crippen LogP contribution is -2.38. The molecular formula is C31H38N2O4S. The van der Waals surface area contributed by atoms with Gasteiger partial charge >= 0.3 is 5.97 Å².